The predicted octanol–water partition coefficient (Wildman–Crippen LogP) is 1.33. The first-order valence-electron chi connectivity index (χ1n) is 5.19. The molecule has 2 aromatic rings. The minimum Gasteiger partial charge on any atom is -0.398 e. The number of carbonyl (C=O) groups is 1. The van der Waals surface area contributed by atoms with Gasteiger partial charge in [0.1, 0.15) is 11.6 Å². The number of aryl methyl sites for hydroxylation is 2. The van der Waals surface area contributed by atoms with Crippen molar-refractivity contribution in [3.8, 4) is 5.69 Å². The summed E-state index contributed by atoms with van der Waals surface area (Å²) in [6, 6.07) is 3.23. The Hall–Kier alpha value is -1.89. The molecule has 1 heterocycles. The van der Waals surface area contributed by atoms with E-state index in [9.17, 15) is 4.79 Å². The number of nitrogens with two attached hydrogens (primary N) is 2. The van der Waals surface area contributed by atoms with Crippen LogP contribution in [-0.4, -0.2) is 20.7 Å². The van der Waals surface area contributed by atoms with E-state index < -0.39 is 5.91 Å². The third-order valence-corrected chi connectivity index (χ3v) is 3.12. The second kappa shape index (κ2) is 4.41. The highest BCUT2D eigenvalue weighted by molar-refractivity contribution is 9.10. The van der Waals surface area contributed by atoms with Crippen LogP contribution in [0.4, 0.5) is 5.69 Å². The van der Waals surface area contributed by atoms with Crippen molar-refractivity contribution in [2.45, 2.75) is 13.8 Å². The molecule has 0 radical (unpaired) electrons. The standard InChI is InChI=1S/C11H12BrN5O/c1-5-15-6(2)17(16-5)10-3-7(11(14)18)9(13)4-8(10)12/h3-4H,13H2,1-2H3,(H2,14,18). The molecule has 0 fully saturated rings. The van der Waals surface area contributed by atoms with Crippen molar-refractivity contribution in [2.24, 2.45) is 5.73 Å². The van der Waals surface area contributed by atoms with Crippen molar-refractivity contribution < 1.29 is 4.79 Å². The van der Waals surface area contributed by atoms with Crippen molar-refractivity contribution in [1.29, 1.82) is 0 Å². The number of primary amides is 1. The van der Waals surface area contributed by atoms with Crippen molar-refractivity contribution in [3.63, 3.8) is 0 Å². The van der Waals surface area contributed by atoms with E-state index in [4.69, 9.17) is 11.5 Å². The van der Waals surface area contributed by atoms with Crippen LogP contribution in [0.1, 0.15) is 22.0 Å². The van der Waals surface area contributed by atoms with Crippen LogP contribution in [0.2, 0.25) is 0 Å². The number of amides is 1. The number of halogens is 1. The van der Waals surface area contributed by atoms with Crippen LogP contribution in [0.5, 0.6) is 0 Å². The summed E-state index contributed by atoms with van der Waals surface area (Å²) in [4.78, 5) is 15.5. The van der Waals surface area contributed by atoms with Gasteiger partial charge in [-0.15, -0.1) is 0 Å². The van der Waals surface area contributed by atoms with E-state index in [1.165, 1.54) is 0 Å². The van der Waals surface area contributed by atoms with Crippen molar-refractivity contribution in [3.05, 3.63) is 33.8 Å². The zero-order chi connectivity index (χ0) is 13.4. The topological polar surface area (TPSA) is 99.8 Å². The van der Waals surface area contributed by atoms with E-state index in [2.05, 4.69) is 26.0 Å². The molecule has 0 spiro atoms. The molecule has 0 aliphatic rings. The normalized spacial score (nSPS) is 10.6. The molecule has 1 aromatic carbocycles. The average molecular weight is 310 g/mol. The lowest BCUT2D eigenvalue weighted by Crippen LogP contribution is -2.15. The molecule has 0 aliphatic carbocycles. The Bertz CT molecular complexity index is 635. The van der Waals surface area contributed by atoms with Gasteiger partial charge in [-0.25, -0.2) is 9.67 Å². The molecule has 0 unspecified atom stereocenters. The number of rotatable bonds is 2. The Morgan fingerprint density at radius 1 is 1.39 bits per heavy atom. The molecule has 1 aromatic heterocycles. The highest BCUT2D eigenvalue weighted by Crippen LogP contribution is 2.27. The predicted molar refractivity (Wildman–Crippen MR) is 71.5 cm³/mol. The fourth-order valence-corrected chi connectivity index (χ4v) is 2.23. The van der Waals surface area contributed by atoms with Crippen LogP contribution >= 0.6 is 15.9 Å². The molecule has 1 amide bonds. The largest absolute Gasteiger partial charge is 0.398 e. The van der Waals surface area contributed by atoms with Crippen molar-refractivity contribution in [2.75, 3.05) is 5.73 Å². The van der Waals surface area contributed by atoms with E-state index in [-0.39, 0.29) is 5.56 Å². The minimum absolute atomic E-state index is 0.265. The molecule has 0 saturated heterocycles. The zero-order valence-electron chi connectivity index (χ0n) is 9.94. The Morgan fingerprint density at radius 3 is 2.56 bits per heavy atom. The summed E-state index contributed by atoms with van der Waals surface area (Å²) in [7, 11) is 0. The van der Waals surface area contributed by atoms with Gasteiger partial charge in [-0.3, -0.25) is 4.79 Å². The maximum atomic E-state index is 11.3. The number of anilines is 1. The first-order chi connectivity index (χ1) is 8.40. The fourth-order valence-electron chi connectivity index (χ4n) is 1.70. The van der Waals surface area contributed by atoms with Gasteiger partial charge in [-0.1, -0.05) is 0 Å². The van der Waals surface area contributed by atoms with Gasteiger partial charge >= 0.3 is 0 Å². The average Bonchev–Trinajstić information content (AvgIpc) is 2.57. The lowest BCUT2D eigenvalue weighted by atomic mass is 10.1. The molecule has 4 N–H and O–H groups in total. The Labute approximate surface area is 112 Å². The summed E-state index contributed by atoms with van der Waals surface area (Å²) < 4.78 is 2.35. The summed E-state index contributed by atoms with van der Waals surface area (Å²) in [6.45, 7) is 3.62. The van der Waals surface area contributed by atoms with Gasteiger partial charge < -0.3 is 11.5 Å². The van der Waals surface area contributed by atoms with E-state index >= 15 is 0 Å². The first kappa shape index (κ1) is 12.6. The molecule has 0 aliphatic heterocycles. The number of benzene rings is 1. The number of aromatic nitrogens is 3. The van der Waals surface area contributed by atoms with E-state index in [0.717, 1.165) is 4.47 Å². The smallest absolute Gasteiger partial charge is 0.250 e. The molecule has 2 rings (SSSR count). The van der Waals surface area contributed by atoms with E-state index in [1.54, 1.807) is 23.7 Å². The first-order valence-corrected chi connectivity index (χ1v) is 5.99. The highest BCUT2D eigenvalue weighted by Gasteiger charge is 2.14. The summed E-state index contributed by atoms with van der Waals surface area (Å²) in [5, 5.41) is 4.25. The zero-order valence-corrected chi connectivity index (χ0v) is 11.5. The molecule has 0 bridgehead atoms. The number of carbonyl (C=O) groups excluding carboxylic acids is 1. The van der Waals surface area contributed by atoms with E-state index in [1.807, 2.05) is 6.92 Å². The van der Waals surface area contributed by atoms with Crippen LogP contribution in [0.25, 0.3) is 5.69 Å². The van der Waals surface area contributed by atoms with Crippen LogP contribution in [0.3, 0.4) is 0 Å². The summed E-state index contributed by atoms with van der Waals surface area (Å²) in [6.07, 6.45) is 0. The van der Waals surface area contributed by atoms with Crippen LogP contribution in [-0.2, 0) is 0 Å². The Kier molecular flexibility index (Phi) is 3.08. The molecular formula is C11H12BrN5O. The fraction of sp³-hybridized carbons (Fsp3) is 0.182. The second-order valence-corrected chi connectivity index (χ2v) is 4.73. The molecule has 0 atom stereocenters. The number of hydrogen-bond donors (Lipinski definition) is 2. The number of nitrogen functional groups attached to an aromatic ring is 1. The second-order valence-electron chi connectivity index (χ2n) is 3.87. The summed E-state index contributed by atoms with van der Waals surface area (Å²) >= 11 is 3.39. The molecule has 94 valence electrons. The molecule has 18 heavy (non-hydrogen) atoms. The number of nitrogens with zero attached hydrogens (tertiary/aromatic N) is 3. The molecule has 0 saturated carbocycles. The maximum absolute atomic E-state index is 11.3. The summed E-state index contributed by atoms with van der Waals surface area (Å²) in [5.41, 5.74) is 12.3. The third-order valence-electron chi connectivity index (χ3n) is 2.49. The Morgan fingerprint density at radius 2 is 2.06 bits per heavy atom. The Balaban J connectivity index is 2.68. The SMILES string of the molecule is Cc1nc(C)n(-c2cc(C(N)=O)c(N)cc2Br)n1. The molecule has 6 nitrogen and oxygen atoms in total. The van der Waals surface area contributed by atoms with Gasteiger partial charge in [-0.05, 0) is 41.9 Å². The van der Waals surface area contributed by atoms with Crippen molar-refractivity contribution >= 4 is 27.5 Å². The maximum Gasteiger partial charge on any atom is 0.250 e. The van der Waals surface area contributed by atoms with Crippen LogP contribution in [0, 0.1) is 13.8 Å². The van der Waals surface area contributed by atoms with Gasteiger partial charge in [0.05, 0.1) is 11.3 Å². The number of hydrogen-bond acceptors (Lipinski definition) is 4. The lowest BCUT2D eigenvalue weighted by Gasteiger charge is -2.09. The van der Waals surface area contributed by atoms with Gasteiger partial charge in [0.15, 0.2) is 0 Å². The molecule has 7 heteroatoms. The van der Waals surface area contributed by atoms with E-state index in [0.29, 0.717) is 23.0 Å². The molecular weight excluding hydrogens is 298 g/mol. The van der Waals surface area contributed by atoms with Gasteiger partial charge in [-0.2, -0.15) is 5.10 Å². The monoisotopic (exact) mass is 309 g/mol. The van der Waals surface area contributed by atoms with Crippen LogP contribution in [0.15, 0.2) is 16.6 Å². The lowest BCUT2D eigenvalue weighted by molar-refractivity contribution is 0.100. The quantitative estimate of drug-likeness (QED) is 0.817. The third kappa shape index (κ3) is 2.08. The van der Waals surface area contributed by atoms with Crippen LogP contribution < -0.4 is 11.5 Å². The highest BCUT2D eigenvalue weighted by atomic mass is 79.9. The minimum atomic E-state index is -0.573. The van der Waals surface area contributed by atoms with Gasteiger partial charge in [0.25, 0.3) is 5.91 Å². The summed E-state index contributed by atoms with van der Waals surface area (Å²) in [5.74, 6) is 0.793. The van der Waals surface area contributed by atoms with Crippen molar-refractivity contribution in [1.82, 2.24) is 14.8 Å². The van der Waals surface area contributed by atoms with Gasteiger partial charge in [0, 0.05) is 10.2 Å². The van der Waals surface area contributed by atoms with Gasteiger partial charge in [0.2, 0.25) is 0 Å².